The third kappa shape index (κ3) is 3.57. The van der Waals surface area contributed by atoms with Crippen LogP contribution in [0.15, 0.2) is 28.8 Å². The van der Waals surface area contributed by atoms with Crippen LogP contribution in [0.1, 0.15) is 22.8 Å². The summed E-state index contributed by atoms with van der Waals surface area (Å²) < 4.78 is 41.3. The number of aliphatic hydroxyl groups is 1. The van der Waals surface area contributed by atoms with Gasteiger partial charge in [-0.1, -0.05) is 29.4 Å². The number of aryl methyl sites for hydroxylation is 1. The van der Waals surface area contributed by atoms with Crippen LogP contribution in [-0.4, -0.2) is 27.5 Å². The van der Waals surface area contributed by atoms with Crippen LogP contribution < -0.4 is 0 Å². The average Bonchev–Trinajstić information content (AvgIpc) is 2.78. The van der Waals surface area contributed by atoms with E-state index in [1.54, 1.807) is 0 Å². The Morgan fingerprint density at radius 1 is 1.30 bits per heavy atom. The molecule has 108 valence electrons. The van der Waals surface area contributed by atoms with Crippen LogP contribution in [0.4, 0.5) is 13.2 Å². The van der Waals surface area contributed by atoms with Crippen molar-refractivity contribution in [3.05, 3.63) is 47.1 Å². The molecule has 7 heteroatoms. The van der Waals surface area contributed by atoms with Crippen LogP contribution in [0.25, 0.3) is 0 Å². The fourth-order valence-electron chi connectivity index (χ4n) is 1.70. The lowest BCUT2D eigenvalue weighted by Crippen LogP contribution is -2.30. The van der Waals surface area contributed by atoms with Gasteiger partial charge in [-0.3, -0.25) is 0 Å². The normalized spacial score (nSPS) is 13.4. The molecule has 0 fully saturated rings. The third-order valence-electron chi connectivity index (χ3n) is 2.87. The number of benzene rings is 1. The Hall–Kier alpha value is -1.89. The van der Waals surface area contributed by atoms with Crippen molar-refractivity contribution in [2.75, 3.05) is 0 Å². The Kier molecular flexibility index (Phi) is 4.08. The van der Waals surface area contributed by atoms with Gasteiger partial charge in [-0.15, -0.1) is 0 Å². The zero-order chi connectivity index (χ0) is 14.8. The second kappa shape index (κ2) is 5.62. The van der Waals surface area contributed by atoms with Crippen molar-refractivity contribution >= 4 is 0 Å². The molecule has 1 aromatic carbocycles. The average molecular weight is 286 g/mol. The van der Waals surface area contributed by atoms with E-state index in [9.17, 15) is 13.2 Å². The molecule has 0 aliphatic carbocycles. The summed E-state index contributed by atoms with van der Waals surface area (Å²) in [6, 6.07) is 7.55. The number of alkyl halides is 3. The first kappa shape index (κ1) is 14.5. The lowest BCUT2D eigenvalue weighted by Gasteiger charge is -2.11. The van der Waals surface area contributed by atoms with Crippen molar-refractivity contribution in [3.63, 3.8) is 0 Å². The molecule has 20 heavy (non-hydrogen) atoms. The summed E-state index contributed by atoms with van der Waals surface area (Å²) in [5.74, 6) is 0.0714. The maximum Gasteiger partial charge on any atom is 0.414 e. The first-order valence-electron chi connectivity index (χ1n) is 5.97. The van der Waals surface area contributed by atoms with Gasteiger partial charge in [-0.05, 0) is 18.1 Å². The highest BCUT2D eigenvalue weighted by atomic mass is 19.4. The summed E-state index contributed by atoms with van der Waals surface area (Å²) >= 11 is 0. The van der Waals surface area contributed by atoms with Gasteiger partial charge in [0, 0.05) is 6.42 Å². The predicted octanol–water partition coefficient (Wildman–Crippen LogP) is 2.43. The Morgan fingerprint density at radius 2 is 2.00 bits per heavy atom. The highest BCUT2D eigenvalue weighted by Crippen LogP contribution is 2.22. The van der Waals surface area contributed by atoms with E-state index in [2.05, 4.69) is 10.1 Å². The Labute approximate surface area is 113 Å². The van der Waals surface area contributed by atoms with Crippen molar-refractivity contribution in [2.24, 2.45) is 0 Å². The van der Waals surface area contributed by atoms with Gasteiger partial charge in [0.25, 0.3) is 0 Å². The number of rotatable bonds is 4. The molecular weight excluding hydrogens is 273 g/mol. The fraction of sp³-hybridized carbons (Fsp3) is 0.385. The molecular formula is C13H13F3N2O2. The molecule has 0 saturated heterocycles. The van der Waals surface area contributed by atoms with Crippen LogP contribution in [-0.2, 0) is 12.8 Å². The van der Waals surface area contributed by atoms with Crippen LogP contribution in [0.5, 0.6) is 0 Å². The molecule has 0 radical (unpaired) electrons. The minimum atomic E-state index is -4.69. The number of hydrogen-bond acceptors (Lipinski definition) is 4. The summed E-state index contributed by atoms with van der Waals surface area (Å²) in [5, 5.41) is 12.6. The third-order valence-corrected chi connectivity index (χ3v) is 2.87. The fourth-order valence-corrected chi connectivity index (χ4v) is 1.70. The number of aliphatic hydroxyl groups excluding tert-OH is 1. The van der Waals surface area contributed by atoms with Gasteiger partial charge in [0.1, 0.15) is 0 Å². The molecule has 0 aliphatic heterocycles. The molecule has 0 aliphatic rings. The van der Waals surface area contributed by atoms with Gasteiger partial charge in [-0.2, -0.15) is 18.2 Å². The van der Waals surface area contributed by atoms with Crippen molar-refractivity contribution in [1.29, 1.82) is 0 Å². The largest absolute Gasteiger partial charge is 0.414 e. The Morgan fingerprint density at radius 3 is 2.65 bits per heavy atom. The maximum atomic E-state index is 12.2. The van der Waals surface area contributed by atoms with E-state index in [1.165, 1.54) is 0 Å². The quantitative estimate of drug-likeness (QED) is 0.937. The lowest BCUT2D eigenvalue weighted by molar-refractivity contribution is -0.204. The van der Waals surface area contributed by atoms with Crippen LogP contribution >= 0.6 is 0 Å². The molecule has 1 unspecified atom stereocenters. The van der Waals surface area contributed by atoms with Gasteiger partial charge >= 0.3 is 6.18 Å². The van der Waals surface area contributed by atoms with E-state index in [1.807, 2.05) is 31.2 Å². The molecule has 4 nitrogen and oxygen atoms in total. The number of aromatic nitrogens is 2. The van der Waals surface area contributed by atoms with Gasteiger partial charge in [0.15, 0.2) is 11.9 Å². The predicted molar refractivity (Wildman–Crippen MR) is 64.0 cm³/mol. The van der Waals surface area contributed by atoms with Gasteiger partial charge in [-0.25, -0.2) is 0 Å². The minimum Gasteiger partial charge on any atom is -0.383 e. The Balaban J connectivity index is 2.05. The van der Waals surface area contributed by atoms with Gasteiger partial charge in [0.05, 0.1) is 6.42 Å². The SMILES string of the molecule is Cc1ccccc1Cc1noc(CC(O)C(F)(F)F)n1. The summed E-state index contributed by atoms with van der Waals surface area (Å²) in [5.41, 5.74) is 2.00. The topological polar surface area (TPSA) is 59.2 Å². The van der Waals surface area contributed by atoms with Crippen LogP contribution in [0, 0.1) is 6.92 Å². The van der Waals surface area contributed by atoms with E-state index in [0.29, 0.717) is 12.2 Å². The Bertz CT molecular complexity index is 581. The molecule has 0 amide bonds. The summed E-state index contributed by atoms with van der Waals surface area (Å²) in [4.78, 5) is 3.86. The van der Waals surface area contributed by atoms with E-state index in [-0.39, 0.29) is 5.89 Å². The maximum absolute atomic E-state index is 12.2. The van der Waals surface area contributed by atoms with E-state index >= 15 is 0 Å². The molecule has 0 spiro atoms. The molecule has 1 aromatic heterocycles. The van der Waals surface area contributed by atoms with Crippen LogP contribution in [0.3, 0.4) is 0 Å². The standard InChI is InChI=1S/C13H13F3N2O2/c1-8-4-2-3-5-9(8)6-11-17-12(20-18-11)7-10(19)13(14,15)16/h2-5,10,19H,6-7H2,1H3. The zero-order valence-corrected chi connectivity index (χ0v) is 10.7. The first-order chi connectivity index (χ1) is 9.36. The van der Waals surface area contributed by atoms with E-state index < -0.39 is 18.7 Å². The van der Waals surface area contributed by atoms with Gasteiger partial charge < -0.3 is 9.63 Å². The van der Waals surface area contributed by atoms with Crippen molar-refractivity contribution in [3.8, 4) is 0 Å². The second-order valence-corrected chi connectivity index (χ2v) is 4.47. The minimum absolute atomic E-state index is 0.224. The highest BCUT2D eigenvalue weighted by Gasteiger charge is 2.39. The van der Waals surface area contributed by atoms with Gasteiger partial charge in [0.2, 0.25) is 5.89 Å². The molecule has 0 saturated carbocycles. The molecule has 0 bridgehead atoms. The van der Waals surface area contributed by atoms with E-state index in [0.717, 1.165) is 11.1 Å². The number of halogens is 3. The monoisotopic (exact) mass is 286 g/mol. The van der Waals surface area contributed by atoms with Crippen molar-refractivity contribution in [2.45, 2.75) is 32.0 Å². The summed E-state index contributed by atoms with van der Waals surface area (Å²) in [7, 11) is 0. The highest BCUT2D eigenvalue weighted by molar-refractivity contribution is 5.27. The lowest BCUT2D eigenvalue weighted by atomic mass is 10.1. The molecule has 2 rings (SSSR count). The molecule has 1 heterocycles. The van der Waals surface area contributed by atoms with Crippen LogP contribution in [0.2, 0.25) is 0 Å². The summed E-state index contributed by atoms with van der Waals surface area (Å²) in [6.45, 7) is 1.92. The van der Waals surface area contributed by atoms with E-state index in [4.69, 9.17) is 9.63 Å². The number of nitrogens with zero attached hydrogens (tertiary/aromatic N) is 2. The zero-order valence-electron chi connectivity index (χ0n) is 10.7. The first-order valence-corrected chi connectivity index (χ1v) is 5.97. The molecule has 1 N–H and O–H groups in total. The second-order valence-electron chi connectivity index (χ2n) is 4.47. The molecule has 1 atom stereocenters. The molecule has 2 aromatic rings. The summed E-state index contributed by atoms with van der Waals surface area (Å²) in [6.07, 6.45) is -7.54. The smallest absolute Gasteiger partial charge is 0.383 e. The number of hydrogen-bond donors (Lipinski definition) is 1. The van der Waals surface area contributed by atoms with Crippen molar-refractivity contribution < 1.29 is 22.8 Å². The van der Waals surface area contributed by atoms with Crippen molar-refractivity contribution in [1.82, 2.24) is 10.1 Å².